The minimum atomic E-state index is -0.151. The molecule has 0 aliphatic carbocycles. The fourth-order valence-corrected chi connectivity index (χ4v) is 4.16. The van der Waals surface area contributed by atoms with E-state index in [0.29, 0.717) is 17.3 Å². The lowest BCUT2D eigenvalue weighted by Crippen LogP contribution is -2.39. The van der Waals surface area contributed by atoms with Gasteiger partial charge in [0.2, 0.25) is 0 Å². The second-order valence-corrected chi connectivity index (χ2v) is 8.56. The number of nitrogens with zero attached hydrogens (tertiary/aromatic N) is 2. The van der Waals surface area contributed by atoms with E-state index in [4.69, 9.17) is 16.3 Å². The van der Waals surface area contributed by atoms with Crippen LogP contribution in [-0.2, 0) is 11.2 Å². The van der Waals surface area contributed by atoms with Gasteiger partial charge in [0.15, 0.2) is 6.61 Å². The maximum Gasteiger partial charge on any atom is 0.258 e. The van der Waals surface area contributed by atoms with Crippen molar-refractivity contribution in [3.63, 3.8) is 0 Å². The van der Waals surface area contributed by atoms with E-state index in [1.54, 1.807) is 24.3 Å². The maximum absolute atomic E-state index is 12.5. The van der Waals surface area contributed by atoms with Crippen LogP contribution in [0.1, 0.15) is 17.2 Å². The number of hydrogen-bond donors (Lipinski definition) is 1. The van der Waals surface area contributed by atoms with Crippen molar-refractivity contribution < 1.29 is 9.53 Å². The van der Waals surface area contributed by atoms with Gasteiger partial charge in [-0.15, -0.1) is 0 Å². The van der Waals surface area contributed by atoms with Gasteiger partial charge in [-0.1, -0.05) is 41.9 Å². The number of rotatable bonds is 8. The van der Waals surface area contributed by atoms with E-state index in [0.717, 1.165) is 18.7 Å². The third kappa shape index (κ3) is 5.17. The van der Waals surface area contributed by atoms with Crippen molar-refractivity contribution in [3.8, 4) is 5.75 Å². The fraction of sp³-hybridized carbons (Fsp3) is 0.269. The summed E-state index contributed by atoms with van der Waals surface area (Å²) in [4.78, 5) is 17.0. The van der Waals surface area contributed by atoms with E-state index in [1.165, 1.54) is 16.8 Å². The highest BCUT2D eigenvalue weighted by molar-refractivity contribution is 6.30. The number of halogens is 1. The number of ether oxygens (including phenoxy) is 1. The zero-order valence-corrected chi connectivity index (χ0v) is 19.2. The van der Waals surface area contributed by atoms with Gasteiger partial charge in [-0.05, 0) is 60.0 Å². The lowest BCUT2D eigenvalue weighted by molar-refractivity contribution is -0.123. The van der Waals surface area contributed by atoms with Crippen LogP contribution >= 0.6 is 11.6 Å². The average Bonchev–Trinajstić information content (AvgIpc) is 3.23. The molecule has 4 rings (SSSR count). The first-order valence-electron chi connectivity index (χ1n) is 10.8. The van der Waals surface area contributed by atoms with Gasteiger partial charge in [0.1, 0.15) is 5.75 Å². The van der Waals surface area contributed by atoms with Crippen LogP contribution in [0, 0.1) is 0 Å². The molecule has 1 amide bonds. The lowest BCUT2D eigenvalue weighted by atomic mass is 10.0. The highest BCUT2D eigenvalue weighted by atomic mass is 35.5. The predicted octanol–water partition coefficient (Wildman–Crippen LogP) is 4.71. The number of hydrogen-bond acceptors (Lipinski definition) is 4. The van der Waals surface area contributed by atoms with Gasteiger partial charge in [0, 0.05) is 43.6 Å². The number of para-hydroxylation sites is 1. The molecule has 3 aromatic carbocycles. The fourth-order valence-electron chi connectivity index (χ4n) is 4.03. The largest absolute Gasteiger partial charge is 0.484 e. The smallest absolute Gasteiger partial charge is 0.258 e. The summed E-state index contributed by atoms with van der Waals surface area (Å²) in [6.45, 7) is 1.39. The number of carbonyl (C=O) groups excluding carboxylic acids is 1. The van der Waals surface area contributed by atoms with Crippen molar-refractivity contribution >= 4 is 28.9 Å². The Morgan fingerprint density at radius 1 is 1.06 bits per heavy atom. The van der Waals surface area contributed by atoms with E-state index in [9.17, 15) is 4.79 Å². The molecule has 166 valence electrons. The molecule has 0 bridgehead atoms. The van der Waals surface area contributed by atoms with Crippen LogP contribution in [-0.4, -0.2) is 39.7 Å². The number of amides is 1. The summed E-state index contributed by atoms with van der Waals surface area (Å²) < 4.78 is 5.59. The number of carbonyl (C=O) groups is 1. The summed E-state index contributed by atoms with van der Waals surface area (Å²) in [5.41, 5.74) is 4.90. The molecule has 1 aliphatic rings. The van der Waals surface area contributed by atoms with E-state index in [2.05, 4.69) is 63.6 Å². The molecule has 0 radical (unpaired) electrons. The monoisotopic (exact) mass is 449 g/mol. The molecule has 0 fully saturated rings. The summed E-state index contributed by atoms with van der Waals surface area (Å²) in [6.07, 6.45) is 1.01. The Morgan fingerprint density at radius 2 is 1.78 bits per heavy atom. The van der Waals surface area contributed by atoms with Gasteiger partial charge in [-0.3, -0.25) is 4.79 Å². The summed E-state index contributed by atoms with van der Waals surface area (Å²) in [6, 6.07) is 24.1. The Balaban J connectivity index is 1.47. The van der Waals surface area contributed by atoms with Crippen LogP contribution in [0.3, 0.4) is 0 Å². The van der Waals surface area contributed by atoms with E-state index in [-0.39, 0.29) is 18.6 Å². The molecule has 6 heteroatoms. The van der Waals surface area contributed by atoms with Crippen LogP contribution < -0.4 is 19.9 Å². The van der Waals surface area contributed by atoms with Gasteiger partial charge in [0.05, 0.1) is 6.04 Å². The molecule has 0 saturated carbocycles. The molecule has 32 heavy (non-hydrogen) atoms. The molecule has 1 atom stereocenters. The van der Waals surface area contributed by atoms with E-state index in [1.807, 2.05) is 14.1 Å². The molecule has 5 nitrogen and oxygen atoms in total. The van der Waals surface area contributed by atoms with Crippen molar-refractivity contribution in [1.29, 1.82) is 0 Å². The summed E-state index contributed by atoms with van der Waals surface area (Å²) >= 11 is 5.90. The second-order valence-electron chi connectivity index (χ2n) is 8.12. The molecular weight excluding hydrogens is 422 g/mol. The summed E-state index contributed by atoms with van der Waals surface area (Å²) in [5.74, 6) is 0.469. The molecule has 0 saturated heterocycles. The van der Waals surface area contributed by atoms with E-state index < -0.39 is 0 Å². The Kier molecular flexibility index (Phi) is 6.86. The first kappa shape index (κ1) is 22.0. The van der Waals surface area contributed by atoms with Gasteiger partial charge in [-0.2, -0.15) is 0 Å². The Morgan fingerprint density at radius 3 is 2.50 bits per heavy atom. The van der Waals surface area contributed by atoms with Crippen molar-refractivity contribution in [1.82, 2.24) is 5.32 Å². The van der Waals surface area contributed by atoms with Crippen molar-refractivity contribution in [3.05, 3.63) is 88.9 Å². The topological polar surface area (TPSA) is 44.8 Å². The minimum Gasteiger partial charge on any atom is -0.484 e. The molecule has 0 spiro atoms. The molecule has 3 aromatic rings. The summed E-state index contributed by atoms with van der Waals surface area (Å²) in [5, 5.41) is 3.70. The summed E-state index contributed by atoms with van der Waals surface area (Å²) in [7, 11) is 4.06. The zero-order chi connectivity index (χ0) is 22.5. The minimum absolute atomic E-state index is 0.0364. The van der Waals surface area contributed by atoms with Gasteiger partial charge in [0.25, 0.3) is 5.91 Å². The van der Waals surface area contributed by atoms with Crippen LogP contribution in [0.5, 0.6) is 5.75 Å². The predicted molar refractivity (Wildman–Crippen MR) is 131 cm³/mol. The molecule has 0 aromatic heterocycles. The SMILES string of the molecule is CN(C)c1ccc([C@H](CNC(=O)COc2ccc(Cl)cc2)N2CCc3ccccc32)cc1. The normalized spacial score (nSPS) is 13.4. The third-order valence-corrected chi connectivity index (χ3v) is 6.02. The highest BCUT2D eigenvalue weighted by Gasteiger charge is 2.27. The number of anilines is 2. The lowest BCUT2D eigenvalue weighted by Gasteiger charge is -2.31. The Hall–Kier alpha value is -3.18. The molecule has 1 aliphatic heterocycles. The molecule has 1 heterocycles. The van der Waals surface area contributed by atoms with Crippen molar-refractivity contribution in [2.75, 3.05) is 43.6 Å². The first-order chi connectivity index (χ1) is 15.5. The quantitative estimate of drug-likeness (QED) is 0.541. The molecule has 1 N–H and O–H groups in total. The zero-order valence-electron chi connectivity index (χ0n) is 18.4. The third-order valence-electron chi connectivity index (χ3n) is 5.77. The standard InChI is InChI=1S/C26H28ClN3O2/c1-29(2)22-11-7-20(8-12-22)25(30-16-15-19-5-3-4-6-24(19)30)17-28-26(31)18-32-23-13-9-21(27)10-14-23/h3-14,25H,15-18H2,1-2H3,(H,28,31)/t25-/m0/s1. The first-order valence-corrected chi connectivity index (χ1v) is 11.2. The maximum atomic E-state index is 12.5. The van der Waals surface area contributed by atoms with E-state index >= 15 is 0 Å². The van der Waals surface area contributed by atoms with Crippen LogP contribution in [0.4, 0.5) is 11.4 Å². The van der Waals surface area contributed by atoms with Crippen LogP contribution in [0.2, 0.25) is 5.02 Å². The van der Waals surface area contributed by atoms with Gasteiger partial charge >= 0.3 is 0 Å². The Bertz CT molecular complexity index is 1050. The van der Waals surface area contributed by atoms with Crippen LogP contribution in [0.25, 0.3) is 0 Å². The second kappa shape index (κ2) is 9.96. The Labute approximate surface area is 194 Å². The number of benzene rings is 3. The molecular formula is C26H28ClN3O2. The van der Waals surface area contributed by atoms with Crippen molar-refractivity contribution in [2.24, 2.45) is 0 Å². The average molecular weight is 450 g/mol. The number of nitrogens with one attached hydrogen (secondary N) is 1. The van der Waals surface area contributed by atoms with Crippen molar-refractivity contribution in [2.45, 2.75) is 12.5 Å². The molecule has 0 unspecified atom stereocenters. The van der Waals surface area contributed by atoms with Gasteiger partial charge in [-0.25, -0.2) is 0 Å². The van der Waals surface area contributed by atoms with Gasteiger partial charge < -0.3 is 19.9 Å². The highest BCUT2D eigenvalue weighted by Crippen LogP contribution is 2.35. The number of fused-ring (bicyclic) bond motifs is 1. The van der Waals surface area contributed by atoms with Crippen LogP contribution in [0.15, 0.2) is 72.8 Å².